The van der Waals surface area contributed by atoms with Gasteiger partial charge in [0.05, 0.1) is 27.0 Å². The van der Waals surface area contributed by atoms with Gasteiger partial charge in [0, 0.05) is 29.4 Å². The second-order valence-electron chi connectivity index (χ2n) is 5.08. The van der Waals surface area contributed by atoms with Crippen molar-refractivity contribution < 1.29 is 19.1 Å². The van der Waals surface area contributed by atoms with Crippen LogP contribution in [0, 0.1) is 0 Å². The molecule has 0 aliphatic heterocycles. The molecule has 2 aromatic rings. The van der Waals surface area contributed by atoms with E-state index in [0.29, 0.717) is 24.4 Å². The van der Waals surface area contributed by atoms with Crippen molar-refractivity contribution in [1.29, 1.82) is 0 Å². The van der Waals surface area contributed by atoms with E-state index in [4.69, 9.17) is 10.5 Å². The van der Waals surface area contributed by atoms with Crippen LogP contribution < -0.4 is 15.8 Å². The fraction of sp³-hybridized carbons (Fsp3) is 0.312. The first kappa shape index (κ1) is 18.1. The Morgan fingerprint density at radius 1 is 1.36 bits per heavy atom. The third-order valence-corrected chi connectivity index (χ3v) is 3.41. The van der Waals surface area contributed by atoms with Gasteiger partial charge < -0.3 is 25.4 Å². The van der Waals surface area contributed by atoms with Crippen LogP contribution in [0.3, 0.4) is 0 Å². The van der Waals surface area contributed by atoms with Gasteiger partial charge in [0.15, 0.2) is 5.84 Å². The van der Waals surface area contributed by atoms with Crippen LogP contribution in [0.25, 0.3) is 0 Å². The number of nitrogens with one attached hydrogen (secondary N) is 1. The van der Waals surface area contributed by atoms with E-state index in [1.165, 1.54) is 14.2 Å². The summed E-state index contributed by atoms with van der Waals surface area (Å²) in [6.45, 7) is 0.843. The Balaban J connectivity index is 2.11. The predicted octanol–water partition coefficient (Wildman–Crippen LogP) is 1.06. The summed E-state index contributed by atoms with van der Waals surface area (Å²) in [7, 11) is 4.34. The van der Waals surface area contributed by atoms with E-state index in [9.17, 15) is 4.79 Å². The van der Waals surface area contributed by atoms with Gasteiger partial charge in [-0.25, -0.2) is 4.79 Å². The largest absolute Gasteiger partial charge is 0.496 e. The molecule has 0 radical (unpaired) electrons. The van der Waals surface area contributed by atoms with Crippen molar-refractivity contribution in [2.45, 2.75) is 13.1 Å². The number of rotatable bonds is 7. The highest BCUT2D eigenvalue weighted by atomic mass is 16.6. The Hall–Kier alpha value is -3.23. The van der Waals surface area contributed by atoms with Gasteiger partial charge in [0.25, 0.3) is 0 Å². The molecular formula is C16H21N5O4. The molecule has 9 nitrogen and oxygen atoms in total. The second-order valence-corrected chi connectivity index (χ2v) is 5.08. The van der Waals surface area contributed by atoms with E-state index >= 15 is 0 Å². The molecule has 9 heteroatoms. The van der Waals surface area contributed by atoms with Crippen LogP contribution in [0.1, 0.15) is 16.7 Å². The minimum absolute atomic E-state index is 0.266. The molecule has 0 saturated carbocycles. The van der Waals surface area contributed by atoms with Crippen molar-refractivity contribution in [3.05, 3.63) is 47.3 Å². The summed E-state index contributed by atoms with van der Waals surface area (Å²) < 4.78 is 11.7. The maximum atomic E-state index is 11.1. The van der Waals surface area contributed by atoms with Crippen LogP contribution in [-0.4, -0.2) is 43.0 Å². The van der Waals surface area contributed by atoms with Crippen LogP contribution in [0.15, 0.2) is 35.7 Å². The molecule has 0 saturated heterocycles. The molecule has 3 N–H and O–H groups in total. The fourth-order valence-corrected chi connectivity index (χ4v) is 2.19. The van der Waals surface area contributed by atoms with Crippen LogP contribution in [0.5, 0.6) is 5.75 Å². The van der Waals surface area contributed by atoms with Crippen molar-refractivity contribution in [3.63, 3.8) is 0 Å². The molecule has 0 aliphatic carbocycles. The standard InChI is InChI=1S/C16H21N5O4/c1-23-14-6-12(15(17)20-25-3)4-5-13(14)10-21-9-11(8-19-21)7-18-16(22)24-2/h4-6,8-9H,7,10H2,1-3H3,(H2,17,20)(H,18,22). The highest BCUT2D eigenvalue weighted by Gasteiger charge is 2.09. The Morgan fingerprint density at radius 2 is 2.16 bits per heavy atom. The molecule has 1 aromatic carbocycles. The number of nitrogens with zero attached hydrogens (tertiary/aromatic N) is 3. The smallest absolute Gasteiger partial charge is 0.407 e. The van der Waals surface area contributed by atoms with Gasteiger partial charge in [0.2, 0.25) is 0 Å². The van der Waals surface area contributed by atoms with Crippen molar-refractivity contribution in [2.24, 2.45) is 10.9 Å². The van der Waals surface area contributed by atoms with Crippen LogP contribution in [0.4, 0.5) is 4.79 Å². The molecule has 25 heavy (non-hydrogen) atoms. The summed E-state index contributed by atoms with van der Waals surface area (Å²) in [6, 6.07) is 5.51. The zero-order chi connectivity index (χ0) is 18.2. The van der Waals surface area contributed by atoms with E-state index in [0.717, 1.165) is 11.1 Å². The number of nitrogens with two attached hydrogens (primary N) is 1. The number of carbonyl (C=O) groups excluding carboxylic acids is 1. The molecule has 0 unspecified atom stereocenters. The van der Waals surface area contributed by atoms with Gasteiger partial charge >= 0.3 is 6.09 Å². The third-order valence-electron chi connectivity index (χ3n) is 3.41. The van der Waals surface area contributed by atoms with Gasteiger partial charge in [-0.1, -0.05) is 17.3 Å². The Bertz CT molecular complexity index is 757. The van der Waals surface area contributed by atoms with E-state index < -0.39 is 6.09 Å². The van der Waals surface area contributed by atoms with E-state index in [1.807, 2.05) is 18.3 Å². The minimum Gasteiger partial charge on any atom is -0.496 e. The number of benzene rings is 1. The summed E-state index contributed by atoms with van der Waals surface area (Å²) in [5.41, 5.74) is 8.29. The lowest BCUT2D eigenvalue weighted by Crippen LogP contribution is -2.21. The molecule has 1 heterocycles. The monoisotopic (exact) mass is 347 g/mol. The van der Waals surface area contributed by atoms with Crippen molar-refractivity contribution in [2.75, 3.05) is 21.3 Å². The lowest BCUT2D eigenvalue weighted by Gasteiger charge is -2.10. The third kappa shape index (κ3) is 4.87. The molecule has 0 fully saturated rings. The molecular weight excluding hydrogens is 326 g/mol. The van der Waals surface area contributed by atoms with Gasteiger partial charge in [-0.2, -0.15) is 5.10 Å². The number of hydrogen-bond donors (Lipinski definition) is 2. The highest BCUT2D eigenvalue weighted by Crippen LogP contribution is 2.21. The van der Waals surface area contributed by atoms with Gasteiger partial charge in [-0.3, -0.25) is 4.68 Å². The maximum absolute atomic E-state index is 11.1. The number of ether oxygens (including phenoxy) is 2. The lowest BCUT2D eigenvalue weighted by atomic mass is 10.1. The van der Waals surface area contributed by atoms with Crippen LogP contribution >= 0.6 is 0 Å². The molecule has 0 bridgehead atoms. The zero-order valence-electron chi connectivity index (χ0n) is 14.4. The normalized spacial score (nSPS) is 11.1. The Kier molecular flexibility index (Phi) is 6.21. The van der Waals surface area contributed by atoms with Crippen molar-refractivity contribution >= 4 is 11.9 Å². The predicted molar refractivity (Wildman–Crippen MR) is 91.3 cm³/mol. The Labute approximate surface area is 145 Å². The first-order valence-electron chi connectivity index (χ1n) is 7.44. The summed E-state index contributed by atoms with van der Waals surface area (Å²) in [5, 5.41) is 10.6. The maximum Gasteiger partial charge on any atom is 0.407 e. The molecule has 0 atom stereocenters. The quantitative estimate of drug-likeness (QED) is 0.440. The molecule has 2 rings (SSSR count). The van der Waals surface area contributed by atoms with Crippen LogP contribution in [0.2, 0.25) is 0 Å². The molecule has 0 aliphatic rings. The number of amides is 1. The topological polar surface area (TPSA) is 113 Å². The molecule has 134 valence electrons. The Morgan fingerprint density at radius 3 is 2.84 bits per heavy atom. The van der Waals surface area contributed by atoms with Crippen molar-refractivity contribution in [3.8, 4) is 5.75 Å². The van der Waals surface area contributed by atoms with Gasteiger partial charge in [0.1, 0.15) is 12.9 Å². The fourth-order valence-electron chi connectivity index (χ4n) is 2.19. The highest BCUT2D eigenvalue weighted by molar-refractivity contribution is 5.97. The first-order valence-corrected chi connectivity index (χ1v) is 7.44. The number of carbonyl (C=O) groups is 1. The SMILES string of the molecule is CO/N=C(/N)c1ccc(Cn2cc(CNC(=O)OC)cn2)c(OC)c1. The van der Waals surface area contributed by atoms with Crippen molar-refractivity contribution in [1.82, 2.24) is 15.1 Å². The number of amidine groups is 1. The number of alkyl carbamates (subject to hydrolysis) is 1. The molecule has 1 aromatic heterocycles. The molecule has 0 spiro atoms. The second kappa shape index (κ2) is 8.57. The first-order chi connectivity index (χ1) is 12.1. The average molecular weight is 347 g/mol. The van der Waals surface area contributed by atoms with Gasteiger partial charge in [-0.15, -0.1) is 0 Å². The minimum atomic E-state index is -0.486. The number of aromatic nitrogens is 2. The van der Waals surface area contributed by atoms with Gasteiger partial charge in [-0.05, 0) is 6.07 Å². The average Bonchev–Trinajstić information content (AvgIpc) is 3.07. The summed E-state index contributed by atoms with van der Waals surface area (Å²) >= 11 is 0. The molecule has 1 amide bonds. The number of hydrogen-bond acceptors (Lipinski definition) is 6. The summed E-state index contributed by atoms with van der Waals surface area (Å²) in [4.78, 5) is 15.8. The summed E-state index contributed by atoms with van der Waals surface area (Å²) in [6.07, 6.45) is 3.03. The van der Waals surface area contributed by atoms with E-state index in [1.54, 1.807) is 24.1 Å². The van der Waals surface area contributed by atoms with E-state index in [2.05, 4.69) is 25.1 Å². The lowest BCUT2D eigenvalue weighted by molar-refractivity contribution is 0.170. The van der Waals surface area contributed by atoms with Crippen LogP contribution in [-0.2, 0) is 22.7 Å². The summed E-state index contributed by atoms with van der Waals surface area (Å²) in [5.74, 6) is 0.930. The number of methoxy groups -OCH3 is 2. The number of oxime groups is 1. The zero-order valence-corrected chi connectivity index (χ0v) is 14.4. The van der Waals surface area contributed by atoms with E-state index in [-0.39, 0.29) is 5.84 Å².